The number of sulfone groups is 2. The summed E-state index contributed by atoms with van der Waals surface area (Å²) in [5.41, 5.74) is 13.8. The molecule has 0 atom stereocenters. The third-order valence-corrected chi connectivity index (χ3v) is 8.60. The van der Waals surface area contributed by atoms with E-state index in [0.29, 0.717) is 55.2 Å². The highest BCUT2D eigenvalue weighted by atomic mass is 35.5. The monoisotopic (exact) mass is 623 g/mol. The number of benzene rings is 2. The number of hydrogen-bond donors (Lipinski definition) is 2. The zero-order chi connectivity index (χ0) is 31.5. The normalized spacial score (nSPS) is 11.1. The van der Waals surface area contributed by atoms with Crippen LogP contribution in [0.1, 0.15) is 69.7 Å². The second-order valence-corrected chi connectivity index (χ2v) is 13.6. The largest absolute Gasteiger partial charge is 0.370 e. The molecular formula is C29H38ClN3O6S2. The van der Waals surface area contributed by atoms with Crippen molar-refractivity contribution in [3.63, 3.8) is 0 Å². The van der Waals surface area contributed by atoms with Gasteiger partial charge in [-0.15, -0.1) is 13.2 Å². The number of aryl methyl sites for hydroxylation is 4. The molecule has 0 saturated heterocycles. The Kier molecular flexibility index (Phi) is 13.6. The molecule has 1 amide bonds. The van der Waals surface area contributed by atoms with Gasteiger partial charge in [-0.25, -0.2) is 16.8 Å². The first-order chi connectivity index (χ1) is 19.0. The van der Waals surface area contributed by atoms with E-state index < -0.39 is 30.8 Å². The molecule has 4 N–H and O–H groups in total. The predicted octanol–water partition coefficient (Wildman–Crippen LogP) is 4.33. The molecule has 0 bridgehead atoms. The highest BCUT2D eigenvalue weighted by Crippen LogP contribution is 2.26. The molecule has 9 nitrogen and oxygen atoms in total. The molecule has 0 radical (unpaired) electrons. The van der Waals surface area contributed by atoms with Crippen LogP contribution in [-0.4, -0.2) is 46.5 Å². The lowest BCUT2D eigenvalue weighted by Gasteiger charge is -2.13. The summed E-state index contributed by atoms with van der Waals surface area (Å²) in [6.45, 7) is 11.0. The van der Waals surface area contributed by atoms with Crippen LogP contribution in [0, 0.1) is 0 Å². The first-order valence-electron chi connectivity index (χ1n) is 12.8. The highest BCUT2D eigenvalue weighted by Gasteiger charge is 2.20. The summed E-state index contributed by atoms with van der Waals surface area (Å²) in [5.74, 6) is -0.999. The number of guanidine groups is 1. The summed E-state index contributed by atoms with van der Waals surface area (Å²) in [7, 11) is -6.86. The fraction of sp³-hybridized carbons (Fsp3) is 0.345. The van der Waals surface area contributed by atoms with Crippen molar-refractivity contribution in [3.8, 4) is 0 Å². The lowest BCUT2D eigenvalue weighted by molar-refractivity contribution is 0.100. The Balaban J connectivity index is 0.000000414. The number of rotatable bonds is 12. The van der Waals surface area contributed by atoms with Gasteiger partial charge in [-0.3, -0.25) is 9.59 Å². The summed E-state index contributed by atoms with van der Waals surface area (Å²) in [6, 6.07) is 6.24. The fourth-order valence-electron chi connectivity index (χ4n) is 4.09. The molecule has 0 aliphatic rings. The second-order valence-electron chi connectivity index (χ2n) is 9.26. The summed E-state index contributed by atoms with van der Waals surface area (Å²) in [4.78, 5) is 27.3. The molecule has 0 heterocycles. The van der Waals surface area contributed by atoms with E-state index in [4.69, 9.17) is 23.1 Å². The van der Waals surface area contributed by atoms with Crippen molar-refractivity contribution in [3.05, 3.63) is 83.0 Å². The molecule has 2 rings (SSSR count). The van der Waals surface area contributed by atoms with Gasteiger partial charge in [-0.05, 0) is 84.5 Å². The maximum Gasteiger partial charge on any atom is 0.280 e. The van der Waals surface area contributed by atoms with Gasteiger partial charge in [0.25, 0.3) is 11.1 Å². The number of allylic oxidation sites excluding steroid dienone is 2. The average molecular weight is 624 g/mol. The van der Waals surface area contributed by atoms with Crippen molar-refractivity contribution >= 4 is 48.4 Å². The molecule has 0 aromatic heterocycles. The van der Waals surface area contributed by atoms with Crippen LogP contribution in [0.4, 0.5) is 0 Å². The molecule has 0 fully saturated rings. The van der Waals surface area contributed by atoms with E-state index in [0.717, 1.165) is 18.1 Å². The van der Waals surface area contributed by atoms with Gasteiger partial charge < -0.3 is 11.5 Å². The summed E-state index contributed by atoms with van der Waals surface area (Å²) >= 11 is 5.52. The molecule has 0 saturated carbocycles. The average Bonchev–Trinajstić information content (AvgIpc) is 2.88. The summed E-state index contributed by atoms with van der Waals surface area (Å²) < 4.78 is 47.6. The van der Waals surface area contributed by atoms with Crippen molar-refractivity contribution < 1.29 is 26.4 Å². The number of carbonyl (C=O) groups is 2. The number of aliphatic imine (C=N–C) groups is 1. The molecule has 2 aromatic carbocycles. The molecule has 0 spiro atoms. The van der Waals surface area contributed by atoms with Crippen molar-refractivity contribution in [2.75, 3.05) is 12.5 Å². The number of hydrogen-bond acceptors (Lipinski definition) is 6. The van der Waals surface area contributed by atoms with Crippen LogP contribution in [0.2, 0.25) is 0 Å². The standard InChI is InChI=1S/C15H21N3O3S.C14H17ClO3S/c1-4-6-7-11-8-10(5-2)12(14(19)18-15(16)17)9-13(11)22(3,20)21;1-4-6-7-11-8-10(5-2)12(14(15)16)9-13(11)19(3,17)18/h4,8-9H,1,5-7H2,2-3H3,(H4,16,17,18,19);4,8-9H,1,5-7H2,2-3H3. The zero-order valence-corrected chi connectivity index (χ0v) is 26.3. The van der Waals surface area contributed by atoms with E-state index in [9.17, 15) is 26.4 Å². The van der Waals surface area contributed by atoms with Gasteiger partial charge in [0.15, 0.2) is 25.6 Å². The van der Waals surface area contributed by atoms with E-state index in [1.54, 1.807) is 24.3 Å². The molecule has 224 valence electrons. The molecular weight excluding hydrogens is 586 g/mol. The number of nitrogens with zero attached hydrogens (tertiary/aromatic N) is 1. The minimum Gasteiger partial charge on any atom is -0.370 e. The highest BCUT2D eigenvalue weighted by molar-refractivity contribution is 7.91. The molecule has 0 unspecified atom stereocenters. The minimum absolute atomic E-state index is 0.126. The van der Waals surface area contributed by atoms with Crippen LogP contribution < -0.4 is 11.5 Å². The van der Waals surface area contributed by atoms with Gasteiger partial charge in [-0.1, -0.05) is 38.1 Å². The van der Waals surface area contributed by atoms with Gasteiger partial charge in [0.1, 0.15) is 0 Å². The summed E-state index contributed by atoms with van der Waals surface area (Å²) in [5, 5.41) is -0.628. The van der Waals surface area contributed by atoms with Crippen LogP contribution in [0.5, 0.6) is 0 Å². The van der Waals surface area contributed by atoms with Crippen LogP contribution in [0.3, 0.4) is 0 Å². The summed E-state index contributed by atoms with van der Waals surface area (Å²) in [6.07, 6.45) is 9.33. The predicted molar refractivity (Wildman–Crippen MR) is 165 cm³/mol. The Hall–Kier alpha value is -3.28. The quantitative estimate of drug-likeness (QED) is 0.152. The lowest BCUT2D eigenvalue weighted by atomic mass is 9.99. The topological polar surface area (TPSA) is 167 Å². The first kappa shape index (κ1) is 35.7. The smallest absolute Gasteiger partial charge is 0.280 e. The molecule has 0 aliphatic carbocycles. The van der Waals surface area contributed by atoms with Gasteiger partial charge in [0.05, 0.1) is 9.79 Å². The minimum atomic E-state index is -3.47. The van der Waals surface area contributed by atoms with Crippen LogP contribution >= 0.6 is 11.6 Å². The Morgan fingerprint density at radius 1 is 0.780 bits per heavy atom. The Bertz CT molecular complexity index is 1560. The molecule has 41 heavy (non-hydrogen) atoms. The van der Waals surface area contributed by atoms with Crippen molar-refractivity contribution in [1.29, 1.82) is 0 Å². The van der Waals surface area contributed by atoms with Gasteiger partial charge in [-0.2, -0.15) is 4.99 Å². The lowest BCUT2D eigenvalue weighted by Crippen LogP contribution is -2.24. The van der Waals surface area contributed by atoms with Crippen molar-refractivity contribution in [1.82, 2.24) is 0 Å². The Labute approximate surface area is 248 Å². The molecule has 2 aromatic rings. The van der Waals surface area contributed by atoms with E-state index in [-0.39, 0.29) is 26.9 Å². The van der Waals surface area contributed by atoms with Crippen LogP contribution in [-0.2, 0) is 45.4 Å². The maximum absolute atomic E-state index is 12.1. The van der Waals surface area contributed by atoms with E-state index in [1.807, 2.05) is 13.8 Å². The number of nitrogens with two attached hydrogens (primary N) is 2. The fourth-order valence-corrected chi connectivity index (χ4v) is 6.21. The zero-order valence-electron chi connectivity index (χ0n) is 23.9. The van der Waals surface area contributed by atoms with E-state index >= 15 is 0 Å². The molecule has 12 heteroatoms. The van der Waals surface area contributed by atoms with E-state index in [2.05, 4.69) is 18.2 Å². The second kappa shape index (κ2) is 15.6. The Morgan fingerprint density at radius 3 is 1.49 bits per heavy atom. The molecule has 0 aliphatic heterocycles. The number of carbonyl (C=O) groups excluding carboxylic acids is 2. The van der Waals surface area contributed by atoms with Crippen molar-refractivity contribution in [2.45, 2.75) is 62.2 Å². The maximum atomic E-state index is 12.1. The van der Waals surface area contributed by atoms with Crippen LogP contribution in [0.15, 0.2) is 64.4 Å². The van der Waals surface area contributed by atoms with Gasteiger partial charge >= 0.3 is 0 Å². The van der Waals surface area contributed by atoms with Gasteiger partial charge in [0.2, 0.25) is 0 Å². The SMILES string of the molecule is C=CCCc1cc(CC)c(C(=O)Cl)cc1S(C)(=O)=O.C=CCCc1cc(CC)c(C(=O)N=C(N)N)cc1S(C)(=O)=O. The first-order valence-corrected chi connectivity index (χ1v) is 16.9. The Morgan fingerprint density at radius 2 is 1.17 bits per heavy atom. The third kappa shape index (κ3) is 10.6. The number of amides is 1. The van der Waals surface area contributed by atoms with E-state index in [1.165, 1.54) is 12.1 Å². The van der Waals surface area contributed by atoms with Crippen LogP contribution in [0.25, 0.3) is 0 Å². The van der Waals surface area contributed by atoms with Crippen molar-refractivity contribution in [2.24, 2.45) is 16.5 Å². The number of halogens is 1. The third-order valence-electron chi connectivity index (χ3n) is 6.04. The van der Waals surface area contributed by atoms with Gasteiger partial charge in [0, 0.05) is 23.6 Å².